The Morgan fingerprint density at radius 3 is 2.17 bits per heavy atom. The summed E-state index contributed by atoms with van der Waals surface area (Å²) in [6.45, 7) is 10.4. The topological polar surface area (TPSA) is 75.7 Å². The number of piperidine rings is 1. The Morgan fingerprint density at radius 2 is 1.60 bits per heavy atom. The second-order valence-corrected chi connectivity index (χ2v) is 9.71. The summed E-state index contributed by atoms with van der Waals surface area (Å²) in [5.41, 5.74) is 0.317. The Kier molecular flexibility index (Phi) is 9.79. The maximum Gasteiger partial charge on any atom is 0.224 e. The molecule has 6 nitrogen and oxygen atoms in total. The largest absolute Gasteiger partial charge is 0.380 e. The maximum atomic E-state index is 12.5. The molecule has 2 fully saturated rings. The molecule has 1 saturated heterocycles. The van der Waals surface area contributed by atoms with Crippen LogP contribution in [0.1, 0.15) is 85.5 Å². The van der Waals surface area contributed by atoms with E-state index in [-0.39, 0.29) is 35.5 Å². The molecule has 2 aliphatic rings. The van der Waals surface area contributed by atoms with Crippen molar-refractivity contribution in [3.05, 3.63) is 0 Å². The lowest BCUT2D eigenvalue weighted by Crippen LogP contribution is -2.46. The van der Waals surface area contributed by atoms with Crippen molar-refractivity contribution < 1.29 is 19.1 Å². The molecular weight excluding hydrogens is 380 g/mol. The molecule has 1 atom stereocenters. The van der Waals surface area contributed by atoms with E-state index in [9.17, 15) is 14.4 Å². The highest BCUT2D eigenvalue weighted by atomic mass is 16.5. The van der Waals surface area contributed by atoms with Gasteiger partial charge in [-0.15, -0.1) is 0 Å². The summed E-state index contributed by atoms with van der Waals surface area (Å²) in [6, 6.07) is 0.252. The van der Waals surface area contributed by atoms with Gasteiger partial charge in [0.1, 0.15) is 5.78 Å². The summed E-state index contributed by atoms with van der Waals surface area (Å²) in [6.07, 6.45) is 8.01. The summed E-state index contributed by atoms with van der Waals surface area (Å²) in [5, 5.41) is 3.13. The smallest absolute Gasteiger partial charge is 0.224 e. The molecule has 0 aromatic carbocycles. The van der Waals surface area contributed by atoms with Gasteiger partial charge in [-0.25, -0.2) is 0 Å². The van der Waals surface area contributed by atoms with E-state index in [2.05, 4.69) is 19.2 Å². The number of amides is 2. The molecule has 1 N–H and O–H groups in total. The van der Waals surface area contributed by atoms with E-state index in [1.807, 2.05) is 18.7 Å². The molecule has 1 unspecified atom stereocenters. The van der Waals surface area contributed by atoms with Crippen LogP contribution >= 0.6 is 0 Å². The first-order valence-electron chi connectivity index (χ1n) is 11.9. The van der Waals surface area contributed by atoms with E-state index < -0.39 is 0 Å². The predicted octanol–water partition coefficient (Wildman–Crippen LogP) is 3.72. The van der Waals surface area contributed by atoms with Crippen LogP contribution in [0.4, 0.5) is 0 Å². The molecule has 0 bridgehead atoms. The predicted molar refractivity (Wildman–Crippen MR) is 118 cm³/mol. The average molecular weight is 423 g/mol. The van der Waals surface area contributed by atoms with Crippen LogP contribution in [0, 0.1) is 17.3 Å². The minimum Gasteiger partial charge on any atom is -0.380 e. The zero-order valence-electron chi connectivity index (χ0n) is 19.5. The van der Waals surface area contributed by atoms with E-state index in [1.54, 1.807) is 0 Å². The van der Waals surface area contributed by atoms with Crippen LogP contribution in [0.3, 0.4) is 0 Å². The zero-order valence-corrected chi connectivity index (χ0v) is 19.5. The third-order valence-corrected chi connectivity index (χ3v) is 7.19. The molecule has 1 aliphatic heterocycles. The monoisotopic (exact) mass is 422 g/mol. The van der Waals surface area contributed by atoms with Gasteiger partial charge in [-0.1, -0.05) is 20.8 Å². The summed E-state index contributed by atoms with van der Waals surface area (Å²) < 4.78 is 5.49. The van der Waals surface area contributed by atoms with Crippen LogP contribution in [0.5, 0.6) is 0 Å². The van der Waals surface area contributed by atoms with Crippen molar-refractivity contribution in [3.63, 3.8) is 0 Å². The fourth-order valence-electron chi connectivity index (χ4n) is 4.57. The third-order valence-electron chi connectivity index (χ3n) is 7.19. The molecule has 1 saturated carbocycles. The number of hydrogen-bond donors (Lipinski definition) is 1. The number of nitrogens with one attached hydrogen (secondary N) is 1. The van der Waals surface area contributed by atoms with Gasteiger partial charge in [0.25, 0.3) is 0 Å². The third kappa shape index (κ3) is 7.36. The molecule has 1 spiro atoms. The number of carbonyl (C=O) groups excluding carboxylic acids is 3. The lowest BCUT2D eigenvalue weighted by molar-refractivity contribution is -0.135. The highest BCUT2D eigenvalue weighted by Gasteiger charge is 2.40. The molecule has 172 valence electrons. The van der Waals surface area contributed by atoms with Gasteiger partial charge >= 0.3 is 0 Å². The van der Waals surface area contributed by atoms with Crippen molar-refractivity contribution in [1.82, 2.24) is 10.2 Å². The van der Waals surface area contributed by atoms with E-state index >= 15 is 0 Å². The first-order chi connectivity index (χ1) is 14.3. The Morgan fingerprint density at radius 1 is 1.00 bits per heavy atom. The molecule has 6 heteroatoms. The first-order valence-corrected chi connectivity index (χ1v) is 11.9. The van der Waals surface area contributed by atoms with E-state index in [0.29, 0.717) is 31.5 Å². The van der Waals surface area contributed by atoms with Crippen LogP contribution < -0.4 is 5.32 Å². The zero-order chi connectivity index (χ0) is 22.1. The molecule has 0 radical (unpaired) electrons. The summed E-state index contributed by atoms with van der Waals surface area (Å²) >= 11 is 0. The summed E-state index contributed by atoms with van der Waals surface area (Å²) in [4.78, 5) is 38.4. The van der Waals surface area contributed by atoms with Crippen LogP contribution in [0.15, 0.2) is 0 Å². The average Bonchev–Trinajstić information content (AvgIpc) is 2.74. The normalized spacial score (nSPS) is 20.4. The van der Waals surface area contributed by atoms with Gasteiger partial charge in [0.15, 0.2) is 0 Å². The van der Waals surface area contributed by atoms with Crippen LogP contribution in [0.2, 0.25) is 0 Å². The van der Waals surface area contributed by atoms with Crippen molar-refractivity contribution in [2.24, 2.45) is 17.3 Å². The fraction of sp³-hybridized carbons (Fsp3) is 0.875. The molecule has 1 aliphatic carbocycles. The Balaban J connectivity index is 1.64. The highest BCUT2D eigenvalue weighted by Crippen LogP contribution is 2.46. The van der Waals surface area contributed by atoms with Crippen molar-refractivity contribution in [2.45, 2.75) is 91.5 Å². The minimum absolute atomic E-state index is 0.0419. The molecule has 1 heterocycles. The maximum absolute atomic E-state index is 12.5. The number of likely N-dealkylation sites (tertiary alicyclic amines) is 1. The van der Waals surface area contributed by atoms with E-state index in [1.165, 1.54) is 0 Å². The Labute approximate surface area is 182 Å². The van der Waals surface area contributed by atoms with Gasteiger partial charge in [-0.3, -0.25) is 14.4 Å². The van der Waals surface area contributed by atoms with Gasteiger partial charge in [0.2, 0.25) is 11.8 Å². The molecular formula is C24H42N2O4. The minimum atomic E-state index is 0.0419. The summed E-state index contributed by atoms with van der Waals surface area (Å²) in [7, 11) is 0. The Bertz CT molecular complexity index is 572. The second-order valence-electron chi connectivity index (χ2n) is 9.71. The van der Waals surface area contributed by atoms with Crippen molar-refractivity contribution in [1.29, 1.82) is 0 Å². The standard InChI is InChI=1S/C24H42N2O4/c1-5-19(4)25-23(29)20-6-10-24(11-7-20)12-14-26(15-13-24)22(28)9-17-30-16-8-21(27)18(2)3/h18-20H,5-17H2,1-4H3,(H,25,29). The summed E-state index contributed by atoms with van der Waals surface area (Å²) in [5.74, 6) is 0.780. The molecule has 2 rings (SSSR count). The van der Waals surface area contributed by atoms with E-state index in [4.69, 9.17) is 4.74 Å². The number of Topliss-reactive ketones (excluding diaryl/α,β-unsaturated/α-hetero) is 1. The fourth-order valence-corrected chi connectivity index (χ4v) is 4.57. The quantitative estimate of drug-likeness (QED) is 0.545. The van der Waals surface area contributed by atoms with Gasteiger partial charge in [-0.2, -0.15) is 0 Å². The van der Waals surface area contributed by atoms with Gasteiger partial charge in [0, 0.05) is 37.4 Å². The number of carbonyl (C=O) groups is 3. The van der Waals surface area contributed by atoms with Crippen molar-refractivity contribution in [2.75, 3.05) is 26.3 Å². The molecule has 2 amide bonds. The van der Waals surface area contributed by atoms with Crippen LogP contribution in [-0.4, -0.2) is 54.8 Å². The number of ketones is 1. The number of ether oxygens (including phenoxy) is 1. The highest BCUT2D eigenvalue weighted by molar-refractivity contribution is 5.80. The van der Waals surface area contributed by atoms with Gasteiger partial charge in [-0.05, 0) is 57.3 Å². The van der Waals surface area contributed by atoms with Crippen LogP contribution in [-0.2, 0) is 19.1 Å². The lowest BCUT2D eigenvalue weighted by Gasteiger charge is -2.45. The van der Waals surface area contributed by atoms with Gasteiger partial charge < -0.3 is 15.0 Å². The lowest BCUT2D eigenvalue weighted by atomic mass is 9.65. The second kappa shape index (κ2) is 11.8. The number of hydrogen-bond acceptors (Lipinski definition) is 4. The molecule has 0 aromatic heterocycles. The first kappa shape index (κ1) is 24.8. The van der Waals surface area contributed by atoms with E-state index in [0.717, 1.165) is 58.0 Å². The molecule has 30 heavy (non-hydrogen) atoms. The van der Waals surface area contributed by atoms with Crippen molar-refractivity contribution in [3.8, 4) is 0 Å². The SMILES string of the molecule is CCC(C)NC(=O)C1CCC2(CC1)CCN(C(=O)CCOCCC(=O)C(C)C)CC2. The number of nitrogens with zero attached hydrogens (tertiary/aromatic N) is 1. The van der Waals surface area contributed by atoms with Crippen LogP contribution in [0.25, 0.3) is 0 Å². The molecule has 0 aromatic rings. The Hall–Kier alpha value is -1.43. The number of rotatable bonds is 10. The van der Waals surface area contributed by atoms with Gasteiger partial charge in [0.05, 0.1) is 19.6 Å². The van der Waals surface area contributed by atoms with Crippen molar-refractivity contribution >= 4 is 17.6 Å².